The Kier molecular flexibility index (Phi) is 5.07. The van der Waals surface area contributed by atoms with Gasteiger partial charge in [0.25, 0.3) is 5.56 Å². The fourth-order valence-corrected chi connectivity index (χ4v) is 3.14. The number of amides is 1. The zero-order valence-electron chi connectivity index (χ0n) is 15.2. The van der Waals surface area contributed by atoms with E-state index in [0.29, 0.717) is 33.4 Å². The summed E-state index contributed by atoms with van der Waals surface area (Å²) in [7, 11) is 1.54. The van der Waals surface area contributed by atoms with Crippen LogP contribution in [0.15, 0.2) is 29.3 Å². The number of ether oxygens (including phenoxy) is 2. The van der Waals surface area contributed by atoms with Gasteiger partial charge in [0, 0.05) is 29.7 Å². The number of aromatic nitrogens is 2. The van der Waals surface area contributed by atoms with Crippen molar-refractivity contribution in [2.75, 3.05) is 12.4 Å². The first-order valence-electron chi connectivity index (χ1n) is 8.89. The van der Waals surface area contributed by atoms with E-state index in [4.69, 9.17) is 21.1 Å². The number of carbonyl (C=O) groups is 1. The number of fused-ring (bicyclic) bond motifs is 1. The van der Waals surface area contributed by atoms with Crippen LogP contribution in [0.5, 0.6) is 0 Å². The van der Waals surface area contributed by atoms with Crippen LogP contribution in [0.3, 0.4) is 0 Å². The molecule has 0 unspecified atom stereocenters. The zero-order chi connectivity index (χ0) is 19.7. The van der Waals surface area contributed by atoms with E-state index in [1.807, 2.05) is 0 Å². The average Bonchev–Trinajstić information content (AvgIpc) is 3.48. The summed E-state index contributed by atoms with van der Waals surface area (Å²) in [6.07, 6.45) is 2.43. The van der Waals surface area contributed by atoms with Crippen LogP contribution in [0.25, 0.3) is 0 Å². The molecule has 2 heterocycles. The number of nitrogens with zero attached hydrogens (tertiary/aromatic N) is 2. The molecule has 1 fully saturated rings. The number of cyclic esters (lactones) is 1. The van der Waals surface area contributed by atoms with Gasteiger partial charge in [0.15, 0.2) is 6.10 Å². The number of halogens is 1. The van der Waals surface area contributed by atoms with Gasteiger partial charge in [-0.05, 0) is 30.5 Å². The summed E-state index contributed by atoms with van der Waals surface area (Å²) in [6.45, 7) is 0.491. The molecule has 2 aliphatic rings. The second-order valence-corrected chi connectivity index (χ2v) is 7.19. The summed E-state index contributed by atoms with van der Waals surface area (Å²) >= 11 is 6.45. The van der Waals surface area contributed by atoms with Crippen molar-refractivity contribution in [2.45, 2.75) is 32.1 Å². The Balaban J connectivity index is 1.63. The Morgan fingerprint density at radius 2 is 2.14 bits per heavy atom. The average molecular weight is 400 g/mol. The molecule has 1 atom stereocenters. The Labute approximate surface area is 166 Å². The molecule has 0 radical (unpaired) electrons. The quantitative estimate of drug-likeness (QED) is 0.799. The molecule has 0 spiro atoms. The highest BCUT2D eigenvalue weighted by molar-refractivity contribution is 6.31. The highest BCUT2D eigenvalue weighted by Gasteiger charge is 2.27. The highest BCUT2D eigenvalue weighted by Crippen LogP contribution is 2.36. The van der Waals surface area contributed by atoms with Crippen molar-refractivity contribution in [1.82, 2.24) is 9.55 Å². The molecule has 28 heavy (non-hydrogen) atoms. The molecule has 8 heteroatoms. The molecule has 1 saturated carbocycles. The van der Waals surface area contributed by atoms with E-state index < -0.39 is 12.2 Å². The summed E-state index contributed by atoms with van der Waals surface area (Å²) in [5.41, 5.74) is 2.32. The Bertz CT molecular complexity index is 1050. The van der Waals surface area contributed by atoms with Gasteiger partial charge < -0.3 is 9.47 Å². The van der Waals surface area contributed by atoms with Crippen molar-refractivity contribution in [3.8, 4) is 11.8 Å². The Morgan fingerprint density at radius 1 is 1.32 bits per heavy atom. The maximum Gasteiger partial charge on any atom is 0.413 e. The SMILES string of the molecule is COCc1cc(=O)n(Cc2cc3c(cc2Cl)[C@H](C#CC2CC2)OC(=O)N3)cn1. The summed E-state index contributed by atoms with van der Waals surface area (Å²) in [5, 5.41) is 3.14. The molecule has 0 saturated heterocycles. The molecule has 1 aliphatic carbocycles. The largest absolute Gasteiger partial charge is 0.428 e. The second-order valence-electron chi connectivity index (χ2n) is 6.78. The van der Waals surface area contributed by atoms with Crippen LogP contribution >= 0.6 is 11.6 Å². The van der Waals surface area contributed by atoms with E-state index in [-0.39, 0.29) is 18.7 Å². The number of hydrogen-bond acceptors (Lipinski definition) is 5. The van der Waals surface area contributed by atoms with Crippen molar-refractivity contribution in [3.05, 3.63) is 56.7 Å². The van der Waals surface area contributed by atoms with Gasteiger partial charge in [0.05, 0.1) is 30.9 Å². The molecule has 7 nitrogen and oxygen atoms in total. The Hall–Kier alpha value is -2.82. The lowest BCUT2D eigenvalue weighted by Gasteiger charge is -2.24. The number of carbonyl (C=O) groups excluding carboxylic acids is 1. The van der Waals surface area contributed by atoms with Crippen LogP contribution in [0, 0.1) is 17.8 Å². The summed E-state index contributed by atoms with van der Waals surface area (Å²) < 4.78 is 11.7. The molecule has 144 valence electrons. The number of benzene rings is 1. The topological polar surface area (TPSA) is 82.5 Å². The third kappa shape index (κ3) is 4.03. The maximum absolute atomic E-state index is 12.3. The van der Waals surface area contributed by atoms with Crippen molar-refractivity contribution in [3.63, 3.8) is 0 Å². The number of anilines is 1. The third-order valence-corrected chi connectivity index (χ3v) is 4.88. The number of hydrogen-bond donors (Lipinski definition) is 1. The van der Waals surface area contributed by atoms with Crippen LogP contribution in [0.2, 0.25) is 5.02 Å². The minimum atomic E-state index is -0.645. The Morgan fingerprint density at radius 3 is 2.86 bits per heavy atom. The minimum Gasteiger partial charge on any atom is -0.428 e. The highest BCUT2D eigenvalue weighted by atomic mass is 35.5. The third-order valence-electron chi connectivity index (χ3n) is 4.53. The van der Waals surface area contributed by atoms with Crippen LogP contribution in [0.4, 0.5) is 10.5 Å². The van der Waals surface area contributed by atoms with Crippen molar-refractivity contribution >= 4 is 23.4 Å². The van der Waals surface area contributed by atoms with E-state index >= 15 is 0 Å². The number of rotatable bonds is 4. The van der Waals surface area contributed by atoms with Crippen molar-refractivity contribution in [1.29, 1.82) is 0 Å². The maximum atomic E-state index is 12.3. The van der Waals surface area contributed by atoms with Crippen LogP contribution < -0.4 is 10.9 Å². The van der Waals surface area contributed by atoms with Gasteiger partial charge in [-0.1, -0.05) is 23.4 Å². The zero-order valence-corrected chi connectivity index (χ0v) is 16.0. The van der Waals surface area contributed by atoms with E-state index in [0.717, 1.165) is 12.8 Å². The molecule has 1 amide bonds. The molecule has 0 bridgehead atoms. The lowest BCUT2D eigenvalue weighted by atomic mass is 10.0. The predicted octanol–water partition coefficient (Wildman–Crippen LogP) is 3.11. The van der Waals surface area contributed by atoms with Crippen molar-refractivity contribution in [2.24, 2.45) is 5.92 Å². The van der Waals surface area contributed by atoms with Gasteiger partial charge in [-0.25, -0.2) is 9.78 Å². The van der Waals surface area contributed by atoms with E-state index in [1.165, 1.54) is 17.0 Å². The van der Waals surface area contributed by atoms with Gasteiger partial charge >= 0.3 is 6.09 Å². The van der Waals surface area contributed by atoms with Crippen molar-refractivity contribution < 1.29 is 14.3 Å². The standard InChI is InChI=1S/C20H18ClN3O4/c1-27-10-14-7-19(25)24(11-22-14)9-13-6-17-15(8-16(13)21)18(28-20(26)23-17)5-4-12-2-3-12/h6-8,11-12,18H,2-3,9-10H2,1H3,(H,23,26)/t18-/m0/s1. The molecule has 2 aromatic rings. The summed E-state index contributed by atoms with van der Waals surface area (Å²) in [6, 6.07) is 4.91. The van der Waals surface area contributed by atoms with Crippen LogP contribution in [0.1, 0.15) is 35.8 Å². The fourth-order valence-electron chi connectivity index (χ4n) is 2.91. The summed E-state index contributed by atoms with van der Waals surface area (Å²) in [5.74, 6) is 6.54. The van der Waals surface area contributed by atoms with Gasteiger partial charge in [0.1, 0.15) is 0 Å². The number of nitrogens with one attached hydrogen (secondary N) is 1. The first-order valence-corrected chi connectivity index (χ1v) is 9.26. The van der Waals surface area contributed by atoms with Crippen LogP contribution in [-0.4, -0.2) is 22.8 Å². The molecule has 1 N–H and O–H groups in total. The number of methoxy groups -OCH3 is 1. The van der Waals surface area contributed by atoms with Gasteiger partial charge in [-0.2, -0.15) is 0 Å². The lowest BCUT2D eigenvalue weighted by molar-refractivity contribution is 0.134. The minimum absolute atomic E-state index is 0.212. The predicted molar refractivity (Wildman–Crippen MR) is 103 cm³/mol. The molecular formula is C20H18ClN3O4. The first kappa shape index (κ1) is 18.5. The van der Waals surface area contributed by atoms with Gasteiger partial charge in [-0.3, -0.25) is 14.7 Å². The monoisotopic (exact) mass is 399 g/mol. The van der Waals surface area contributed by atoms with Crippen LogP contribution in [-0.2, 0) is 22.6 Å². The van der Waals surface area contributed by atoms with E-state index in [2.05, 4.69) is 22.1 Å². The molecular weight excluding hydrogens is 382 g/mol. The van der Waals surface area contributed by atoms with E-state index in [9.17, 15) is 9.59 Å². The normalized spacial score (nSPS) is 17.8. The smallest absolute Gasteiger partial charge is 0.413 e. The molecule has 4 rings (SSSR count). The first-order chi connectivity index (χ1) is 13.5. The van der Waals surface area contributed by atoms with Gasteiger partial charge in [0.2, 0.25) is 0 Å². The van der Waals surface area contributed by atoms with Gasteiger partial charge in [-0.15, -0.1) is 0 Å². The molecule has 1 aromatic carbocycles. The fraction of sp³-hybridized carbons (Fsp3) is 0.350. The second kappa shape index (κ2) is 7.66. The molecule has 1 aliphatic heterocycles. The summed E-state index contributed by atoms with van der Waals surface area (Å²) in [4.78, 5) is 28.4. The van der Waals surface area contributed by atoms with E-state index in [1.54, 1.807) is 19.2 Å². The molecule has 1 aromatic heterocycles. The lowest BCUT2D eigenvalue weighted by Crippen LogP contribution is -2.25.